The van der Waals surface area contributed by atoms with Crippen LogP contribution in [0.3, 0.4) is 0 Å². The number of nitro groups is 1. The Balaban J connectivity index is 2.01. The topological polar surface area (TPSA) is 81.9 Å². The lowest BCUT2D eigenvalue weighted by Crippen LogP contribution is -2.43. The zero-order chi connectivity index (χ0) is 14.5. The van der Waals surface area contributed by atoms with Crippen LogP contribution in [0.2, 0.25) is 0 Å². The third kappa shape index (κ3) is 3.45. The first-order chi connectivity index (χ1) is 9.58. The lowest BCUT2D eigenvalue weighted by atomic mass is 10.2. The fraction of sp³-hybridized carbons (Fsp3) is 0.462. The zero-order valence-electron chi connectivity index (χ0n) is 11.2. The largest absolute Gasteiger partial charge is 0.477 e. The maximum absolute atomic E-state index is 11.9. The van der Waals surface area contributed by atoms with E-state index in [0.29, 0.717) is 26.3 Å². The van der Waals surface area contributed by atoms with Crippen molar-refractivity contribution in [1.82, 2.24) is 4.90 Å². The van der Waals surface area contributed by atoms with Crippen molar-refractivity contribution in [3.05, 3.63) is 33.9 Å². The fourth-order valence-corrected chi connectivity index (χ4v) is 1.93. The van der Waals surface area contributed by atoms with Gasteiger partial charge in [-0.05, 0) is 18.6 Å². The van der Waals surface area contributed by atoms with Gasteiger partial charge in [-0.25, -0.2) is 0 Å². The van der Waals surface area contributed by atoms with Crippen LogP contribution in [0.15, 0.2) is 18.2 Å². The molecule has 0 N–H and O–H groups in total. The molecule has 0 bridgehead atoms. The molecule has 0 aromatic heterocycles. The van der Waals surface area contributed by atoms with E-state index in [0.717, 1.165) is 5.56 Å². The van der Waals surface area contributed by atoms with Crippen molar-refractivity contribution in [1.29, 1.82) is 0 Å². The predicted molar refractivity (Wildman–Crippen MR) is 70.7 cm³/mol. The second kappa shape index (κ2) is 6.33. The van der Waals surface area contributed by atoms with Crippen molar-refractivity contribution < 1.29 is 19.2 Å². The average molecular weight is 280 g/mol. The number of carbonyl (C=O) groups excluding carboxylic acids is 1. The minimum absolute atomic E-state index is 0.122. The molecular weight excluding hydrogens is 264 g/mol. The van der Waals surface area contributed by atoms with Crippen LogP contribution in [0, 0.1) is 17.0 Å². The van der Waals surface area contributed by atoms with Gasteiger partial charge in [-0.3, -0.25) is 14.9 Å². The van der Waals surface area contributed by atoms with Crippen LogP contribution in [0.5, 0.6) is 5.75 Å². The van der Waals surface area contributed by atoms with Crippen LogP contribution in [0.4, 0.5) is 5.69 Å². The number of morpholine rings is 1. The zero-order valence-corrected chi connectivity index (χ0v) is 11.2. The number of hydrogen-bond acceptors (Lipinski definition) is 5. The van der Waals surface area contributed by atoms with E-state index in [9.17, 15) is 14.9 Å². The minimum Gasteiger partial charge on any atom is -0.477 e. The van der Waals surface area contributed by atoms with E-state index in [-0.39, 0.29) is 24.0 Å². The highest BCUT2D eigenvalue weighted by molar-refractivity contribution is 5.78. The number of hydrogen-bond donors (Lipinski definition) is 0. The van der Waals surface area contributed by atoms with Gasteiger partial charge in [0.2, 0.25) is 0 Å². The molecule has 1 saturated heterocycles. The van der Waals surface area contributed by atoms with Gasteiger partial charge in [0.1, 0.15) is 0 Å². The maximum Gasteiger partial charge on any atom is 0.310 e. The Bertz CT molecular complexity index is 511. The third-order valence-electron chi connectivity index (χ3n) is 3.03. The Labute approximate surface area is 116 Å². The minimum atomic E-state index is -0.520. The van der Waals surface area contributed by atoms with Crippen molar-refractivity contribution in [2.75, 3.05) is 32.9 Å². The molecule has 7 nitrogen and oxygen atoms in total. The van der Waals surface area contributed by atoms with E-state index in [1.165, 1.54) is 6.07 Å². The third-order valence-corrected chi connectivity index (χ3v) is 3.03. The predicted octanol–water partition coefficient (Wildman–Crippen LogP) is 1.14. The molecular formula is C13H16N2O5. The molecule has 7 heteroatoms. The van der Waals surface area contributed by atoms with Crippen molar-refractivity contribution in [3.63, 3.8) is 0 Å². The van der Waals surface area contributed by atoms with Gasteiger partial charge in [0.15, 0.2) is 12.4 Å². The van der Waals surface area contributed by atoms with Gasteiger partial charge < -0.3 is 14.4 Å². The van der Waals surface area contributed by atoms with E-state index in [1.54, 1.807) is 24.0 Å². The standard InChI is InChI=1S/C13H16N2O5/c1-10-2-3-11(15(17)18)12(8-10)20-9-13(16)14-4-6-19-7-5-14/h2-3,8H,4-7,9H2,1H3. The van der Waals surface area contributed by atoms with Crippen LogP contribution in [0.25, 0.3) is 0 Å². The molecule has 1 heterocycles. The second-order valence-corrected chi connectivity index (χ2v) is 4.51. The lowest BCUT2D eigenvalue weighted by molar-refractivity contribution is -0.385. The molecule has 2 rings (SSSR count). The van der Waals surface area contributed by atoms with Crippen LogP contribution < -0.4 is 4.74 Å². The number of nitro benzene ring substituents is 1. The van der Waals surface area contributed by atoms with Gasteiger partial charge >= 0.3 is 5.69 Å². The number of benzene rings is 1. The molecule has 0 unspecified atom stereocenters. The SMILES string of the molecule is Cc1ccc([N+](=O)[O-])c(OCC(=O)N2CCOCC2)c1. The summed E-state index contributed by atoms with van der Waals surface area (Å²) in [5.74, 6) is -0.0688. The summed E-state index contributed by atoms with van der Waals surface area (Å²) in [6.07, 6.45) is 0. The average Bonchev–Trinajstić information content (AvgIpc) is 2.45. The van der Waals surface area contributed by atoms with Crippen LogP contribution >= 0.6 is 0 Å². The van der Waals surface area contributed by atoms with Crippen molar-refractivity contribution in [2.45, 2.75) is 6.92 Å². The molecule has 0 saturated carbocycles. The number of amides is 1. The quantitative estimate of drug-likeness (QED) is 0.610. The van der Waals surface area contributed by atoms with Gasteiger partial charge in [0.25, 0.3) is 5.91 Å². The molecule has 1 fully saturated rings. The fourth-order valence-electron chi connectivity index (χ4n) is 1.93. The Morgan fingerprint density at radius 3 is 2.80 bits per heavy atom. The maximum atomic E-state index is 11.9. The lowest BCUT2D eigenvalue weighted by Gasteiger charge is -2.26. The summed E-state index contributed by atoms with van der Waals surface area (Å²) >= 11 is 0. The summed E-state index contributed by atoms with van der Waals surface area (Å²) in [6.45, 7) is 3.67. The number of carbonyl (C=O) groups is 1. The summed E-state index contributed by atoms with van der Waals surface area (Å²) in [5, 5.41) is 10.9. The van der Waals surface area contributed by atoms with E-state index >= 15 is 0 Å². The summed E-state index contributed by atoms with van der Waals surface area (Å²) in [7, 11) is 0. The first kappa shape index (κ1) is 14.3. The summed E-state index contributed by atoms with van der Waals surface area (Å²) in [6, 6.07) is 4.57. The molecule has 0 atom stereocenters. The van der Waals surface area contributed by atoms with Gasteiger partial charge in [0.05, 0.1) is 18.1 Å². The Morgan fingerprint density at radius 2 is 2.15 bits per heavy atom. The highest BCUT2D eigenvalue weighted by Gasteiger charge is 2.20. The van der Waals surface area contributed by atoms with Gasteiger partial charge in [0, 0.05) is 19.2 Å². The number of nitrogens with zero attached hydrogens (tertiary/aromatic N) is 2. The van der Waals surface area contributed by atoms with E-state index in [4.69, 9.17) is 9.47 Å². The molecule has 0 aliphatic carbocycles. The molecule has 0 radical (unpaired) electrons. The monoisotopic (exact) mass is 280 g/mol. The normalized spacial score (nSPS) is 14.9. The van der Waals surface area contributed by atoms with Crippen molar-refractivity contribution in [2.24, 2.45) is 0 Å². The van der Waals surface area contributed by atoms with Gasteiger partial charge in [-0.2, -0.15) is 0 Å². The Morgan fingerprint density at radius 1 is 1.45 bits per heavy atom. The Hall–Kier alpha value is -2.15. The smallest absolute Gasteiger partial charge is 0.310 e. The second-order valence-electron chi connectivity index (χ2n) is 4.51. The highest BCUT2D eigenvalue weighted by atomic mass is 16.6. The van der Waals surface area contributed by atoms with Crippen LogP contribution in [-0.4, -0.2) is 48.6 Å². The summed E-state index contributed by atoms with van der Waals surface area (Å²) < 4.78 is 10.5. The molecule has 1 aliphatic heterocycles. The van der Waals surface area contributed by atoms with Gasteiger partial charge in [-0.15, -0.1) is 0 Å². The number of rotatable bonds is 4. The molecule has 1 aliphatic rings. The summed E-state index contributed by atoms with van der Waals surface area (Å²) in [5.41, 5.74) is 0.704. The first-order valence-electron chi connectivity index (χ1n) is 6.31. The number of ether oxygens (including phenoxy) is 2. The van der Waals surface area contributed by atoms with Crippen molar-refractivity contribution in [3.8, 4) is 5.75 Å². The molecule has 1 aromatic carbocycles. The first-order valence-corrected chi connectivity index (χ1v) is 6.31. The Kier molecular flexibility index (Phi) is 4.52. The molecule has 1 aromatic rings. The van der Waals surface area contributed by atoms with Gasteiger partial charge in [-0.1, -0.05) is 6.07 Å². The van der Waals surface area contributed by atoms with Crippen LogP contribution in [-0.2, 0) is 9.53 Å². The molecule has 20 heavy (non-hydrogen) atoms. The highest BCUT2D eigenvalue weighted by Crippen LogP contribution is 2.27. The number of aryl methyl sites for hydroxylation is 1. The molecule has 108 valence electrons. The van der Waals surface area contributed by atoms with E-state index in [2.05, 4.69) is 0 Å². The summed E-state index contributed by atoms with van der Waals surface area (Å²) in [4.78, 5) is 23.9. The molecule has 0 spiro atoms. The van der Waals surface area contributed by atoms with E-state index in [1.807, 2.05) is 0 Å². The van der Waals surface area contributed by atoms with Crippen molar-refractivity contribution >= 4 is 11.6 Å². The van der Waals surface area contributed by atoms with E-state index < -0.39 is 4.92 Å². The van der Waals surface area contributed by atoms with Crippen LogP contribution in [0.1, 0.15) is 5.56 Å². The molecule has 1 amide bonds.